The number of halogens is 1. The van der Waals surface area contributed by atoms with E-state index in [1.54, 1.807) is 11.8 Å². The molecule has 0 saturated carbocycles. The van der Waals surface area contributed by atoms with Gasteiger partial charge in [-0.1, -0.05) is 36.4 Å². The van der Waals surface area contributed by atoms with E-state index in [-0.39, 0.29) is 0 Å². The first-order chi connectivity index (χ1) is 11.6. The first kappa shape index (κ1) is 16.9. The Morgan fingerprint density at radius 3 is 2.79 bits per heavy atom. The molecule has 0 radical (unpaired) electrons. The summed E-state index contributed by atoms with van der Waals surface area (Å²) in [7, 11) is 1.89. The Balaban J connectivity index is 1.75. The number of benzene rings is 2. The summed E-state index contributed by atoms with van der Waals surface area (Å²) in [6.45, 7) is 4.84. The minimum absolute atomic E-state index is 0.663. The second kappa shape index (κ2) is 7.32. The van der Waals surface area contributed by atoms with E-state index in [4.69, 9.17) is 11.6 Å². The van der Waals surface area contributed by atoms with E-state index in [1.165, 1.54) is 5.56 Å². The predicted octanol–water partition coefficient (Wildman–Crippen LogP) is 4.99. The van der Waals surface area contributed by atoms with E-state index in [9.17, 15) is 0 Å². The number of hydrogen-bond acceptors (Lipinski definition) is 4. The number of thioether (sulfide) groups is 1. The lowest BCUT2D eigenvalue weighted by Gasteiger charge is -2.17. The highest BCUT2D eigenvalue weighted by Crippen LogP contribution is 2.36. The molecule has 1 aliphatic heterocycles. The number of nitrogens with one attached hydrogen (secondary N) is 2. The third-order valence-electron chi connectivity index (χ3n) is 4.07. The lowest BCUT2D eigenvalue weighted by molar-refractivity contribution is 1.03. The van der Waals surface area contributed by atoms with Crippen molar-refractivity contribution in [2.75, 3.05) is 25.2 Å². The maximum absolute atomic E-state index is 6.56. The molecule has 1 aliphatic rings. The van der Waals surface area contributed by atoms with Gasteiger partial charge in [0.1, 0.15) is 0 Å². The zero-order valence-corrected chi connectivity index (χ0v) is 15.4. The van der Waals surface area contributed by atoms with Crippen molar-refractivity contribution in [3.63, 3.8) is 0 Å². The van der Waals surface area contributed by atoms with Gasteiger partial charge in [-0.25, -0.2) is 0 Å². The summed E-state index contributed by atoms with van der Waals surface area (Å²) in [5.41, 5.74) is 6.14. The van der Waals surface area contributed by atoms with Crippen LogP contribution in [0.15, 0.2) is 52.9 Å². The zero-order valence-electron chi connectivity index (χ0n) is 13.8. The number of aliphatic imine (C=N–C) groups is 1. The van der Waals surface area contributed by atoms with E-state index in [0.717, 1.165) is 44.7 Å². The zero-order chi connectivity index (χ0) is 17.1. The van der Waals surface area contributed by atoms with E-state index < -0.39 is 0 Å². The molecule has 0 amide bonds. The minimum Gasteiger partial charge on any atom is -0.388 e. The van der Waals surface area contributed by atoms with Crippen LogP contribution < -0.4 is 10.6 Å². The smallest absolute Gasteiger partial charge is 0.0665 e. The molecule has 0 atom stereocenters. The normalized spacial score (nSPS) is 12.5. The van der Waals surface area contributed by atoms with Crippen LogP contribution in [-0.2, 0) is 6.42 Å². The molecule has 0 spiro atoms. The Bertz CT molecular complexity index is 814. The average molecular weight is 358 g/mol. The van der Waals surface area contributed by atoms with Gasteiger partial charge in [0.15, 0.2) is 0 Å². The van der Waals surface area contributed by atoms with Gasteiger partial charge in [0.2, 0.25) is 0 Å². The fourth-order valence-corrected chi connectivity index (χ4v) is 3.81. The van der Waals surface area contributed by atoms with Crippen LogP contribution in [0.4, 0.5) is 11.4 Å². The minimum atomic E-state index is 0.663. The molecule has 0 aliphatic carbocycles. The predicted molar refractivity (Wildman–Crippen MR) is 107 cm³/mol. The number of nitrogens with zero attached hydrogens (tertiary/aromatic N) is 1. The number of para-hydroxylation sites is 1. The van der Waals surface area contributed by atoms with Gasteiger partial charge in [0.05, 0.1) is 17.3 Å². The van der Waals surface area contributed by atoms with Gasteiger partial charge in [-0.2, -0.15) is 0 Å². The molecule has 0 unspecified atom stereocenters. The molecule has 24 heavy (non-hydrogen) atoms. The topological polar surface area (TPSA) is 36.4 Å². The molecule has 0 fully saturated rings. The maximum Gasteiger partial charge on any atom is 0.0665 e. The van der Waals surface area contributed by atoms with E-state index in [2.05, 4.69) is 40.4 Å². The quantitative estimate of drug-likeness (QED) is 0.715. The Labute approximate surface area is 152 Å². The van der Waals surface area contributed by atoms with Crippen molar-refractivity contribution < 1.29 is 0 Å². The van der Waals surface area contributed by atoms with Gasteiger partial charge in [0.25, 0.3) is 0 Å². The van der Waals surface area contributed by atoms with Crippen molar-refractivity contribution in [2.45, 2.75) is 11.3 Å². The lowest BCUT2D eigenvalue weighted by atomic mass is 10.1. The lowest BCUT2D eigenvalue weighted by Crippen LogP contribution is -2.22. The molecule has 2 N–H and O–H groups in total. The standard InChI is InChI=1S/C19H20ClN3S/c1-12(18-16(21-2)8-9-17(24-3)19(18)20)22-11-14-10-13-6-4-5-7-15(13)23-14/h4-9,21-22H,1,10-11H2,2-3H3. The summed E-state index contributed by atoms with van der Waals surface area (Å²) in [6.07, 6.45) is 2.90. The van der Waals surface area contributed by atoms with Crippen LogP contribution >= 0.6 is 23.4 Å². The van der Waals surface area contributed by atoms with Crippen molar-refractivity contribution in [3.05, 3.63) is 59.1 Å². The molecule has 0 bridgehead atoms. The van der Waals surface area contributed by atoms with E-state index >= 15 is 0 Å². The molecule has 3 nitrogen and oxygen atoms in total. The Kier molecular flexibility index (Phi) is 5.17. The van der Waals surface area contributed by atoms with Gasteiger partial charge in [-0.3, -0.25) is 4.99 Å². The summed E-state index contributed by atoms with van der Waals surface area (Å²) >= 11 is 8.19. The first-order valence-electron chi connectivity index (χ1n) is 7.75. The van der Waals surface area contributed by atoms with Crippen LogP contribution in [0.1, 0.15) is 11.1 Å². The Morgan fingerprint density at radius 2 is 2.08 bits per heavy atom. The fraction of sp³-hybridized carbons (Fsp3) is 0.211. The number of rotatable bonds is 6. The number of fused-ring (bicyclic) bond motifs is 1. The largest absolute Gasteiger partial charge is 0.388 e. The second-order valence-electron chi connectivity index (χ2n) is 5.57. The molecule has 1 heterocycles. The molecule has 2 aromatic carbocycles. The maximum atomic E-state index is 6.56. The van der Waals surface area contributed by atoms with Crippen molar-refractivity contribution >= 4 is 46.1 Å². The summed E-state index contributed by atoms with van der Waals surface area (Å²) in [5, 5.41) is 7.30. The third kappa shape index (κ3) is 3.30. The van der Waals surface area contributed by atoms with Crippen LogP contribution in [0, 0.1) is 0 Å². The van der Waals surface area contributed by atoms with Crippen LogP contribution in [0.3, 0.4) is 0 Å². The van der Waals surface area contributed by atoms with Crippen LogP contribution in [-0.4, -0.2) is 25.6 Å². The molecule has 2 aromatic rings. The van der Waals surface area contributed by atoms with Crippen molar-refractivity contribution in [1.82, 2.24) is 5.32 Å². The molecular weight excluding hydrogens is 338 g/mol. The summed E-state index contributed by atoms with van der Waals surface area (Å²) in [6, 6.07) is 12.3. The van der Waals surface area contributed by atoms with Crippen molar-refractivity contribution in [2.24, 2.45) is 4.99 Å². The monoisotopic (exact) mass is 357 g/mol. The van der Waals surface area contributed by atoms with E-state index in [0.29, 0.717) is 6.54 Å². The first-order valence-corrected chi connectivity index (χ1v) is 9.36. The highest BCUT2D eigenvalue weighted by molar-refractivity contribution is 7.98. The summed E-state index contributed by atoms with van der Waals surface area (Å²) in [4.78, 5) is 5.72. The molecule has 124 valence electrons. The molecule has 3 rings (SSSR count). The van der Waals surface area contributed by atoms with Gasteiger partial charge in [0, 0.05) is 41.0 Å². The summed E-state index contributed by atoms with van der Waals surface area (Å²) < 4.78 is 0. The van der Waals surface area contributed by atoms with Gasteiger partial charge >= 0.3 is 0 Å². The Hall–Kier alpha value is -1.91. The van der Waals surface area contributed by atoms with Crippen LogP contribution in [0.25, 0.3) is 5.70 Å². The second-order valence-corrected chi connectivity index (χ2v) is 6.80. The molecular formula is C19H20ClN3S. The number of anilines is 1. The van der Waals surface area contributed by atoms with Gasteiger partial charge in [-0.15, -0.1) is 11.8 Å². The van der Waals surface area contributed by atoms with Crippen LogP contribution in [0.2, 0.25) is 5.02 Å². The fourth-order valence-electron chi connectivity index (χ4n) is 2.82. The van der Waals surface area contributed by atoms with Crippen molar-refractivity contribution in [3.8, 4) is 0 Å². The highest BCUT2D eigenvalue weighted by atomic mass is 35.5. The average Bonchev–Trinajstić information content (AvgIpc) is 3.02. The molecule has 0 aromatic heterocycles. The van der Waals surface area contributed by atoms with Gasteiger partial charge < -0.3 is 10.6 Å². The van der Waals surface area contributed by atoms with E-state index in [1.807, 2.05) is 31.5 Å². The molecule has 0 saturated heterocycles. The Morgan fingerprint density at radius 1 is 1.29 bits per heavy atom. The van der Waals surface area contributed by atoms with Crippen molar-refractivity contribution in [1.29, 1.82) is 0 Å². The summed E-state index contributed by atoms with van der Waals surface area (Å²) in [5.74, 6) is 0. The van der Waals surface area contributed by atoms with Crippen LogP contribution in [0.5, 0.6) is 0 Å². The molecule has 5 heteroatoms. The van der Waals surface area contributed by atoms with Gasteiger partial charge in [-0.05, 0) is 30.0 Å². The highest BCUT2D eigenvalue weighted by Gasteiger charge is 2.16. The SMILES string of the molecule is C=C(NCC1=Nc2ccccc2C1)c1c(NC)ccc(SC)c1Cl. The number of hydrogen-bond donors (Lipinski definition) is 2. The third-order valence-corrected chi connectivity index (χ3v) is 5.35.